The van der Waals surface area contributed by atoms with E-state index in [1.165, 1.54) is 34.9 Å². The molecule has 2 fully saturated rings. The van der Waals surface area contributed by atoms with Crippen LogP contribution < -0.4 is 4.74 Å². The van der Waals surface area contributed by atoms with Gasteiger partial charge < -0.3 is 4.74 Å². The maximum absolute atomic E-state index is 13.1. The van der Waals surface area contributed by atoms with Crippen molar-refractivity contribution in [2.45, 2.75) is 42.4 Å². The number of pyridine rings is 1. The molecule has 4 rings (SSSR count). The number of sulfonamides is 1. The fourth-order valence-electron chi connectivity index (χ4n) is 4.20. The molecule has 28 heavy (non-hydrogen) atoms. The third-order valence-corrected chi connectivity index (χ3v) is 7.43. The van der Waals surface area contributed by atoms with Crippen LogP contribution in [0, 0.1) is 5.92 Å². The van der Waals surface area contributed by atoms with Gasteiger partial charge in [0.05, 0.1) is 11.6 Å². The zero-order chi connectivity index (χ0) is 19.9. The summed E-state index contributed by atoms with van der Waals surface area (Å²) in [6.45, 7) is 0.0158. The number of ether oxygens (including phenoxy) is 1. The van der Waals surface area contributed by atoms with Crippen molar-refractivity contribution in [3.8, 4) is 5.75 Å². The highest BCUT2D eigenvalue weighted by atomic mass is 32.2. The van der Waals surface area contributed by atoms with Gasteiger partial charge in [-0.2, -0.15) is 17.5 Å². The maximum Gasteiger partial charge on any atom is 0.416 e. The number of benzene rings is 1. The highest BCUT2D eigenvalue weighted by molar-refractivity contribution is 7.89. The predicted octanol–water partition coefficient (Wildman–Crippen LogP) is 3.72. The van der Waals surface area contributed by atoms with E-state index in [4.69, 9.17) is 4.74 Å². The minimum atomic E-state index is -4.46. The van der Waals surface area contributed by atoms with Gasteiger partial charge in [-0.15, -0.1) is 0 Å². The summed E-state index contributed by atoms with van der Waals surface area (Å²) < 4.78 is 72.0. The molecule has 2 heterocycles. The van der Waals surface area contributed by atoms with Crippen LogP contribution in [0.5, 0.6) is 5.75 Å². The molecule has 1 aliphatic carbocycles. The van der Waals surface area contributed by atoms with Crippen molar-refractivity contribution in [1.29, 1.82) is 0 Å². The van der Waals surface area contributed by atoms with Crippen LogP contribution in [0.25, 0.3) is 0 Å². The highest BCUT2D eigenvalue weighted by Gasteiger charge is 2.51. The molecule has 0 spiro atoms. The minimum Gasteiger partial charge on any atom is -0.492 e. The van der Waals surface area contributed by atoms with Gasteiger partial charge in [-0.25, -0.2) is 8.42 Å². The Kier molecular flexibility index (Phi) is 4.83. The maximum atomic E-state index is 13.1. The number of fused-ring (bicyclic) bond motifs is 2. The molecule has 3 atom stereocenters. The van der Waals surface area contributed by atoms with E-state index in [1.807, 2.05) is 0 Å². The quantitative estimate of drug-likeness (QED) is 0.751. The van der Waals surface area contributed by atoms with Crippen molar-refractivity contribution in [2.24, 2.45) is 5.92 Å². The van der Waals surface area contributed by atoms with Gasteiger partial charge in [-0.1, -0.05) is 6.07 Å². The van der Waals surface area contributed by atoms with Gasteiger partial charge in [0, 0.05) is 18.4 Å². The van der Waals surface area contributed by atoms with E-state index in [9.17, 15) is 21.6 Å². The first-order chi connectivity index (χ1) is 13.3. The van der Waals surface area contributed by atoms with E-state index in [-0.39, 0.29) is 29.2 Å². The first-order valence-corrected chi connectivity index (χ1v) is 10.4. The van der Waals surface area contributed by atoms with E-state index in [1.54, 1.807) is 6.07 Å². The molecule has 5 nitrogen and oxygen atoms in total. The summed E-state index contributed by atoms with van der Waals surface area (Å²) in [6, 6.07) is 7.19. The van der Waals surface area contributed by atoms with Crippen LogP contribution in [0.3, 0.4) is 0 Å². The lowest BCUT2D eigenvalue weighted by Crippen LogP contribution is -2.47. The molecule has 0 radical (unpaired) electrons. The summed E-state index contributed by atoms with van der Waals surface area (Å²) in [5.74, 6) is 0.221. The molecule has 2 aliphatic rings. The summed E-state index contributed by atoms with van der Waals surface area (Å²) >= 11 is 0. The van der Waals surface area contributed by atoms with Gasteiger partial charge in [-0.05, 0) is 55.5 Å². The topological polar surface area (TPSA) is 59.5 Å². The molecule has 1 aliphatic heterocycles. The minimum absolute atomic E-state index is 0.0158. The van der Waals surface area contributed by atoms with Crippen molar-refractivity contribution in [3.05, 3.63) is 54.4 Å². The molecule has 1 aromatic carbocycles. The summed E-state index contributed by atoms with van der Waals surface area (Å²) in [4.78, 5) is 4.01. The Hall–Kier alpha value is -2.13. The predicted molar refractivity (Wildman–Crippen MR) is 95.1 cm³/mol. The normalized spacial score (nSPS) is 25.2. The van der Waals surface area contributed by atoms with E-state index in [0.29, 0.717) is 0 Å². The van der Waals surface area contributed by atoms with Crippen LogP contribution in [0.4, 0.5) is 13.2 Å². The lowest BCUT2D eigenvalue weighted by Gasteiger charge is -2.34. The van der Waals surface area contributed by atoms with Gasteiger partial charge in [-0.3, -0.25) is 4.98 Å². The second kappa shape index (κ2) is 7.04. The van der Waals surface area contributed by atoms with Crippen molar-refractivity contribution in [3.63, 3.8) is 0 Å². The van der Waals surface area contributed by atoms with Gasteiger partial charge >= 0.3 is 6.18 Å². The molecule has 150 valence electrons. The van der Waals surface area contributed by atoms with Crippen LogP contribution >= 0.6 is 0 Å². The number of hydrogen-bond acceptors (Lipinski definition) is 4. The molecule has 1 saturated heterocycles. The SMILES string of the molecule is O=S(=O)(c1cccnc1)N1[C@@H]2CC[C@@H](C2)[C@@H]1COc1cccc(C(F)(F)F)c1. The fraction of sp³-hybridized carbons (Fsp3) is 0.421. The van der Waals surface area contributed by atoms with Crippen LogP contribution in [0.1, 0.15) is 24.8 Å². The lowest BCUT2D eigenvalue weighted by molar-refractivity contribution is -0.137. The summed E-state index contributed by atoms with van der Waals surface area (Å²) in [5.41, 5.74) is -0.794. The first kappa shape index (κ1) is 19.2. The Bertz CT molecular complexity index is 950. The van der Waals surface area contributed by atoms with Crippen molar-refractivity contribution < 1.29 is 26.3 Å². The molecular formula is C19H19F3N2O3S. The van der Waals surface area contributed by atoms with Crippen LogP contribution in [-0.4, -0.2) is 36.4 Å². The number of alkyl halides is 3. The third-order valence-electron chi connectivity index (χ3n) is 5.47. The van der Waals surface area contributed by atoms with Gasteiger partial charge in [0.2, 0.25) is 10.0 Å². The number of hydrogen-bond donors (Lipinski definition) is 0. The Labute approximate surface area is 161 Å². The standard InChI is InChI=1S/C19H19F3N2O3S/c20-19(21,22)14-3-1-4-16(10-14)27-12-18-13-6-7-15(9-13)24(18)28(25,26)17-5-2-8-23-11-17/h1-5,8,10-11,13,15,18H,6-7,9,12H2/t13-,15+,18-/m0/s1. The second-order valence-corrected chi connectivity index (χ2v) is 9.00. The summed E-state index contributed by atoms with van der Waals surface area (Å²) in [7, 11) is -3.74. The summed E-state index contributed by atoms with van der Waals surface area (Å²) in [5, 5.41) is 0. The number of nitrogens with zero attached hydrogens (tertiary/aromatic N) is 2. The molecule has 1 aromatic heterocycles. The molecule has 0 amide bonds. The van der Waals surface area contributed by atoms with Gasteiger partial charge in [0.25, 0.3) is 0 Å². The zero-order valence-electron chi connectivity index (χ0n) is 14.8. The Morgan fingerprint density at radius 3 is 2.71 bits per heavy atom. The molecule has 0 unspecified atom stereocenters. The van der Waals surface area contributed by atoms with Gasteiger partial charge in [0.15, 0.2) is 0 Å². The van der Waals surface area contributed by atoms with Crippen LogP contribution in [-0.2, 0) is 16.2 Å². The number of aromatic nitrogens is 1. The molecule has 1 saturated carbocycles. The zero-order valence-corrected chi connectivity index (χ0v) is 15.7. The molecule has 0 N–H and O–H groups in total. The number of halogens is 3. The van der Waals surface area contributed by atoms with E-state index < -0.39 is 27.8 Å². The highest BCUT2D eigenvalue weighted by Crippen LogP contribution is 2.45. The Balaban J connectivity index is 1.55. The number of rotatable bonds is 5. The van der Waals surface area contributed by atoms with E-state index >= 15 is 0 Å². The third kappa shape index (κ3) is 3.48. The smallest absolute Gasteiger partial charge is 0.416 e. The Morgan fingerprint density at radius 1 is 1.18 bits per heavy atom. The van der Waals surface area contributed by atoms with E-state index in [2.05, 4.69) is 4.98 Å². The van der Waals surface area contributed by atoms with Crippen molar-refractivity contribution in [2.75, 3.05) is 6.61 Å². The molecular weight excluding hydrogens is 393 g/mol. The average molecular weight is 412 g/mol. The first-order valence-electron chi connectivity index (χ1n) is 9.00. The summed E-state index contributed by atoms with van der Waals surface area (Å²) in [6.07, 6.45) is 0.775. The van der Waals surface area contributed by atoms with Crippen molar-refractivity contribution >= 4 is 10.0 Å². The monoisotopic (exact) mass is 412 g/mol. The molecule has 9 heteroatoms. The molecule has 2 aromatic rings. The van der Waals surface area contributed by atoms with Crippen LogP contribution in [0.2, 0.25) is 0 Å². The van der Waals surface area contributed by atoms with Gasteiger partial charge in [0.1, 0.15) is 17.3 Å². The fourth-order valence-corrected chi connectivity index (χ4v) is 6.06. The lowest BCUT2D eigenvalue weighted by atomic mass is 10.0. The van der Waals surface area contributed by atoms with Crippen molar-refractivity contribution in [1.82, 2.24) is 9.29 Å². The van der Waals surface area contributed by atoms with E-state index in [0.717, 1.165) is 31.4 Å². The number of piperidine rings is 1. The largest absolute Gasteiger partial charge is 0.492 e. The molecule has 2 bridgehead atoms. The second-order valence-electron chi connectivity index (χ2n) is 7.15. The van der Waals surface area contributed by atoms with Crippen LogP contribution in [0.15, 0.2) is 53.7 Å². The Morgan fingerprint density at radius 2 is 2.00 bits per heavy atom. The average Bonchev–Trinajstić information content (AvgIpc) is 3.28.